The summed E-state index contributed by atoms with van der Waals surface area (Å²) in [4.78, 5) is 6.59. The zero-order chi connectivity index (χ0) is 12.0. The molecule has 1 aromatic heterocycles. The lowest BCUT2D eigenvalue weighted by molar-refractivity contribution is 0.448. The van der Waals surface area contributed by atoms with Gasteiger partial charge < -0.3 is 10.2 Å². The maximum Gasteiger partial charge on any atom is 0.185 e. The van der Waals surface area contributed by atoms with Crippen LogP contribution >= 0.6 is 11.3 Å². The van der Waals surface area contributed by atoms with Crippen molar-refractivity contribution in [1.29, 1.82) is 0 Å². The van der Waals surface area contributed by atoms with E-state index < -0.39 is 0 Å². The molecule has 0 amide bonds. The van der Waals surface area contributed by atoms with Crippen molar-refractivity contribution in [2.75, 3.05) is 25.5 Å². The molecule has 3 nitrogen and oxygen atoms in total. The highest BCUT2D eigenvalue weighted by Crippen LogP contribution is 2.17. The number of nitrogens with zero attached hydrogens (tertiary/aromatic N) is 2. The number of thiazole rings is 1. The van der Waals surface area contributed by atoms with Crippen LogP contribution in [0, 0.1) is 5.92 Å². The fourth-order valence-corrected chi connectivity index (χ4v) is 2.32. The quantitative estimate of drug-likeness (QED) is 0.795. The third kappa shape index (κ3) is 4.10. The van der Waals surface area contributed by atoms with Crippen LogP contribution in [0.5, 0.6) is 0 Å². The predicted molar refractivity (Wildman–Crippen MR) is 72.2 cm³/mol. The van der Waals surface area contributed by atoms with Crippen molar-refractivity contribution >= 4 is 16.5 Å². The van der Waals surface area contributed by atoms with Gasteiger partial charge in [-0.05, 0) is 12.5 Å². The van der Waals surface area contributed by atoms with Crippen LogP contribution in [0.1, 0.15) is 32.4 Å². The predicted octanol–water partition coefficient (Wildman–Crippen LogP) is 2.73. The van der Waals surface area contributed by atoms with Gasteiger partial charge in [-0.15, -0.1) is 11.3 Å². The van der Waals surface area contributed by atoms with Crippen LogP contribution in [0.4, 0.5) is 5.13 Å². The monoisotopic (exact) mass is 241 g/mol. The Morgan fingerprint density at radius 3 is 2.56 bits per heavy atom. The van der Waals surface area contributed by atoms with Crippen molar-refractivity contribution < 1.29 is 0 Å². The molecule has 0 aromatic carbocycles. The van der Waals surface area contributed by atoms with Gasteiger partial charge >= 0.3 is 0 Å². The Hall–Kier alpha value is -0.610. The van der Waals surface area contributed by atoms with E-state index in [0.29, 0.717) is 0 Å². The zero-order valence-corrected chi connectivity index (χ0v) is 11.6. The van der Waals surface area contributed by atoms with Crippen molar-refractivity contribution in [2.24, 2.45) is 5.92 Å². The smallest absolute Gasteiger partial charge is 0.185 e. The van der Waals surface area contributed by atoms with Gasteiger partial charge in [-0.2, -0.15) is 0 Å². The van der Waals surface area contributed by atoms with Gasteiger partial charge in [0.05, 0.1) is 5.69 Å². The van der Waals surface area contributed by atoms with Gasteiger partial charge in [-0.25, -0.2) is 4.98 Å². The summed E-state index contributed by atoms with van der Waals surface area (Å²) in [6, 6.07) is 0. The molecule has 0 spiro atoms. The Labute approximate surface area is 103 Å². The summed E-state index contributed by atoms with van der Waals surface area (Å²) >= 11 is 1.70. The average molecular weight is 241 g/mol. The lowest BCUT2D eigenvalue weighted by Crippen LogP contribution is -2.22. The number of hydrogen-bond donors (Lipinski definition) is 1. The molecule has 1 aromatic rings. The molecule has 0 fully saturated rings. The Bertz CT molecular complexity index is 292. The van der Waals surface area contributed by atoms with Crippen LogP contribution in [0.3, 0.4) is 0 Å². The molecular formula is C12H23N3S. The summed E-state index contributed by atoms with van der Waals surface area (Å²) in [5.74, 6) is 0.798. The third-order valence-electron chi connectivity index (χ3n) is 2.82. The molecule has 0 radical (unpaired) electrons. The van der Waals surface area contributed by atoms with Gasteiger partial charge in [0.25, 0.3) is 0 Å². The standard InChI is InChI=1S/C12H23N3S/c1-5-10(6-2)7-13-8-11-9-16-12(14-11)15(3)4/h9-10,13H,5-8H2,1-4H3. The van der Waals surface area contributed by atoms with E-state index in [1.165, 1.54) is 12.8 Å². The van der Waals surface area contributed by atoms with E-state index in [0.717, 1.165) is 29.8 Å². The molecule has 1 N–H and O–H groups in total. The fraction of sp³-hybridized carbons (Fsp3) is 0.750. The van der Waals surface area contributed by atoms with E-state index in [4.69, 9.17) is 0 Å². The first kappa shape index (κ1) is 13.5. The first-order chi connectivity index (χ1) is 7.67. The van der Waals surface area contributed by atoms with Gasteiger partial charge in [0.1, 0.15) is 0 Å². The number of aromatic nitrogens is 1. The topological polar surface area (TPSA) is 28.2 Å². The summed E-state index contributed by atoms with van der Waals surface area (Å²) in [6.07, 6.45) is 2.51. The lowest BCUT2D eigenvalue weighted by atomic mass is 10.0. The second kappa shape index (κ2) is 6.86. The molecule has 1 rings (SSSR count). The van der Waals surface area contributed by atoms with Gasteiger partial charge in [-0.1, -0.05) is 26.7 Å². The van der Waals surface area contributed by atoms with Crippen LogP contribution in [0.15, 0.2) is 5.38 Å². The molecule has 0 unspecified atom stereocenters. The summed E-state index contributed by atoms with van der Waals surface area (Å²) < 4.78 is 0. The maximum atomic E-state index is 4.54. The molecule has 0 saturated carbocycles. The lowest BCUT2D eigenvalue weighted by Gasteiger charge is -2.12. The molecule has 16 heavy (non-hydrogen) atoms. The average Bonchev–Trinajstić information content (AvgIpc) is 2.73. The van der Waals surface area contributed by atoms with E-state index in [-0.39, 0.29) is 0 Å². The molecule has 0 saturated heterocycles. The maximum absolute atomic E-state index is 4.54. The zero-order valence-electron chi connectivity index (χ0n) is 10.8. The van der Waals surface area contributed by atoms with E-state index in [1.807, 2.05) is 14.1 Å². The second-order valence-corrected chi connectivity index (χ2v) is 5.17. The first-order valence-electron chi connectivity index (χ1n) is 5.99. The highest BCUT2D eigenvalue weighted by atomic mass is 32.1. The molecule has 0 aliphatic rings. The molecular weight excluding hydrogens is 218 g/mol. The number of hydrogen-bond acceptors (Lipinski definition) is 4. The number of anilines is 1. The molecule has 1 heterocycles. The third-order valence-corrected chi connectivity index (χ3v) is 3.87. The molecule has 92 valence electrons. The van der Waals surface area contributed by atoms with Gasteiger partial charge in [0, 0.05) is 26.0 Å². The van der Waals surface area contributed by atoms with Crippen LogP contribution in [-0.4, -0.2) is 25.6 Å². The summed E-state index contributed by atoms with van der Waals surface area (Å²) in [5, 5.41) is 6.70. The summed E-state index contributed by atoms with van der Waals surface area (Å²) in [5.41, 5.74) is 1.15. The minimum atomic E-state index is 0.798. The molecule has 0 bridgehead atoms. The second-order valence-electron chi connectivity index (χ2n) is 4.33. The highest BCUT2D eigenvalue weighted by Gasteiger charge is 2.05. The Balaban J connectivity index is 2.31. The largest absolute Gasteiger partial charge is 0.354 e. The van der Waals surface area contributed by atoms with Crippen molar-refractivity contribution in [3.8, 4) is 0 Å². The van der Waals surface area contributed by atoms with Crippen molar-refractivity contribution in [3.05, 3.63) is 11.1 Å². The Kier molecular flexibility index (Phi) is 5.77. The Morgan fingerprint density at radius 1 is 1.38 bits per heavy atom. The minimum absolute atomic E-state index is 0.798. The first-order valence-corrected chi connectivity index (χ1v) is 6.87. The fourth-order valence-electron chi connectivity index (χ4n) is 1.56. The van der Waals surface area contributed by atoms with Gasteiger partial charge in [0.2, 0.25) is 0 Å². The Morgan fingerprint density at radius 2 is 2.06 bits per heavy atom. The van der Waals surface area contributed by atoms with E-state index >= 15 is 0 Å². The molecule has 4 heteroatoms. The SMILES string of the molecule is CCC(CC)CNCc1csc(N(C)C)n1. The highest BCUT2D eigenvalue weighted by molar-refractivity contribution is 7.13. The molecule has 0 aliphatic carbocycles. The van der Waals surface area contributed by atoms with Crippen molar-refractivity contribution in [3.63, 3.8) is 0 Å². The van der Waals surface area contributed by atoms with Crippen LogP contribution in [0.2, 0.25) is 0 Å². The molecule has 0 aliphatic heterocycles. The van der Waals surface area contributed by atoms with Crippen LogP contribution < -0.4 is 10.2 Å². The van der Waals surface area contributed by atoms with Crippen molar-refractivity contribution in [1.82, 2.24) is 10.3 Å². The van der Waals surface area contributed by atoms with E-state index in [9.17, 15) is 0 Å². The van der Waals surface area contributed by atoms with Gasteiger partial charge in [-0.3, -0.25) is 0 Å². The van der Waals surface area contributed by atoms with Crippen LogP contribution in [0.25, 0.3) is 0 Å². The van der Waals surface area contributed by atoms with E-state index in [1.54, 1.807) is 11.3 Å². The number of rotatable bonds is 7. The minimum Gasteiger partial charge on any atom is -0.354 e. The number of nitrogens with one attached hydrogen (secondary N) is 1. The summed E-state index contributed by atoms with van der Waals surface area (Å²) in [7, 11) is 4.06. The van der Waals surface area contributed by atoms with Crippen LogP contribution in [-0.2, 0) is 6.54 Å². The molecule has 0 atom stereocenters. The normalized spacial score (nSPS) is 11.1. The van der Waals surface area contributed by atoms with Gasteiger partial charge in [0.15, 0.2) is 5.13 Å². The van der Waals surface area contributed by atoms with Crippen molar-refractivity contribution in [2.45, 2.75) is 33.2 Å². The summed E-state index contributed by atoms with van der Waals surface area (Å²) in [6.45, 7) is 6.49. The van der Waals surface area contributed by atoms with E-state index in [2.05, 4.69) is 34.4 Å².